The van der Waals surface area contributed by atoms with Crippen LogP contribution in [0.4, 0.5) is 0 Å². The van der Waals surface area contributed by atoms with Gasteiger partial charge in [0, 0.05) is 24.4 Å². The normalized spacial score (nSPS) is 20.9. The summed E-state index contributed by atoms with van der Waals surface area (Å²) in [5.74, 6) is 0. The number of hydrogen-bond donors (Lipinski definition) is 1. The van der Waals surface area contributed by atoms with E-state index >= 15 is 0 Å². The average molecular weight is 248 g/mol. The maximum absolute atomic E-state index is 10.7. The number of aliphatic hydroxyl groups is 1. The molecular weight excluding hydrogens is 224 g/mol. The fourth-order valence-corrected chi connectivity index (χ4v) is 3.17. The first-order valence-corrected chi connectivity index (χ1v) is 6.89. The standard InChI is InChI=1S/C15H24N2O/c1-17(2)15(8-4-3-5-9-15)14(18)12-13-6-10-16-11-7-13/h6-7,10-11,14,18H,3-5,8-9,12H2,1-2H3. The molecule has 1 atom stereocenters. The summed E-state index contributed by atoms with van der Waals surface area (Å²) in [6, 6.07) is 3.99. The van der Waals surface area contributed by atoms with Crippen molar-refractivity contribution in [2.45, 2.75) is 50.2 Å². The second kappa shape index (κ2) is 5.81. The summed E-state index contributed by atoms with van der Waals surface area (Å²) >= 11 is 0. The van der Waals surface area contributed by atoms with Crippen LogP contribution in [0, 0.1) is 0 Å². The molecule has 1 aromatic rings. The molecule has 1 saturated carbocycles. The zero-order valence-corrected chi connectivity index (χ0v) is 11.5. The van der Waals surface area contributed by atoms with Gasteiger partial charge in [-0.25, -0.2) is 0 Å². The molecule has 3 heteroatoms. The van der Waals surface area contributed by atoms with Gasteiger partial charge in [0.05, 0.1) is 6.10 Å². The number of hydrogen-bond acceptors (Lipinski definition) is 3. The van der Waals surface area contributed by atoms with E-state index in [1.165, 1.54) is 24.8 Å². The maximum atomic E-state index is 10.7. The topological polar surface area (TPSA) is 36.4 Å². The van der Waals surface area contributed by atoms with Crippen molar-refractivity contribution in [1.29, 1.82) is 0 Å². The summed E-state index contributed by atoms with van der Waals surface area (Å²) in [6.45, 7) is 0. The molecule has 3 nitrogen and oxygen atoms in total. The first kappa shape index (κ1) is 13.5. The van der Waals surface area contributed by atoms with Crippen molar-refractivity contribution in [1.82, 2.24) is 9.88 Å². The smallest absolute Gasteiger partial charge is 0.0763 e. The second-order valence-corrected chi connectivity index (χ2v) is 5.63. The molecule has 0 amide bonds. The number of aromatic nitrogens is 1. The first-order chi connectivity index (χ1) is 8.65. The Kier molecular flexibility index (Phi) is 4.36. The van der Waals surface area contributed by atoms with Crippen LogP contribution in [-0.4, -0.2) is 40.7 Å². The number of aliphatic hydroxyl groups excluding tert-OH is 1. The van der Waals surface area contributed by atoms with E-state index in [2.05, 4.69) is 24.0 Å². The second-order valence-electron chi connectivity index (χ2n) is 5.63. The van der Waals surface area contributed by atoms with E-state index < -0.39 is 0 Å². The Morgan fingerprint density at radius 3 is 2.39 bits per heavy atom. The van der Waals surface area contributed by atoms with E-state index in [1.54, 1.807) is 12.4 Å². The molecule has 1 aliphatic carbocycles. The van der Waals surface area contributed by atoms with Crippen LogP contribution in [0.25, 0.3) is 0 Å². The van der Waals surface area contributed by atoms with E-state index in [1.807, 2.05) is 12.1 Å². The third-order valence-electron chi connectivity index (χ3n) is 4.41. The Morgan fingerprint density at radius 1 is 1.22 bits per heavy atom. The van der Waals surface area contributed by atoms with Gasteiger partial charge >= 0.3 is 0 Å². The van der Waals surface area contributed by atoms with Crippen LogP contribution < -0.4 is 0 Å². The molecule has 0 aromatic carbocycles. The highest BCUT2D eigenvalue weighted by Crippen LogP contribution is 2.36. The molecule has 0 saturated heterocycles. The van der Waals surface area contributed by atoms with Gasteiger partial charge in [-0.05, 0) is 44.6 Å². The van der Waals surface area contributed by atoms with Gasteiger partial charge in [-0.2, -0.15) is 0 Å². The van der Waals surface area contributed by atoms with E-state index in [9.17, 15) is 5.11 Å². The summed E-state index contributed by atoms with van der Waals surface area (Å²) in [5.41, 5.74) is 1.13. The molecule has 0 bridgehead atoms. The van der Waals surface area contributed by atoms with E-state index in [0.717, 1.165) is 19.3 Å². The minimum atomic E-state index is -0.296. The van der Waals surface area contributed by atoms with Gasteiger partial charge in [-0.3, -0.25) is 4.98 Å². The van der Waals surface area contributed by atoms with Gasteiger partial charge in [0.15, 0.2) is 0 Å². The summed E-state index contributed by atoms with van der Waals surface area (Å²) in [5, 5.41) is 10.7. The molecule has 18 heavy (non-hydrogen) atoms. The van der Waals surface area contributed by atoms with Crippen LogP contribution in [0.5, 0.6) is 0 Å². The van der Waals surface area contributed by atoms with Gasteiger partial charge in [-0.15, -0.1) is 0 Å². The Bertz CT molecular complexity index is 358. The third kappa shape index (κ3) is 2.73. The summed E-state index contributed by atoms with van der Waals surface area (Å²) < 4.78 is 0. The minimum absolute atomic E-state index is 0.0402. The number of nitrogens with zero attached hydrogens (tertiary/aromatic N) is 2. The molecule has 1 unspecified atom stereocenters. The fourth-order valence-electron chi connectivity index (χ4n) is 3.17. The number of pyridine rings is 1. The molecule has 0 radical (unpaired) electrons. The Morgan fingerprint density at radius 2 is 1.83 bits per heavy atom. The highest BCUT2D eigenvalue weighted by atomic mass is 16.3. The van der Waals surface area contributed by atoms with Crippen LogP contribution in [0.1, 0.15) is 37.7 Å². The Labute approximate surface area is 110 Å². The maximum Gasteiger partial charge on any atom is 0.0763 e. The van der Waals surface area contributed by atoms with Crippen LogP contribution in [0.15, 0.2) is 24.5 Å². The van der Waals surface area contributed by atoms with Crippen molar-refractivity contribution in [2.75, 3.05) is 14.1 Å². The Hall–Kier alpha value is -0.930. The molecular formula is C15H24N2O. The lowest BCUT2D eigenvalue weighted by Crippen LogP contribution is -2.55. The van der Waals surface area contributed by atoms with Crippen molar-refractivity contribution in [2.24, 2.45) is 0 Å². The van der Waals surface area contributed by atoms with Gasteiger partial charge in [0.1, 0.15) is 0 Å². The summed E-state index contributed by atoms with van der Waals surface area (Å²) in [4.78, 5) is 6.26. The van der Waals surface area contributed by atoms with E-state index in [-0.39, 0.29) is 11.6 Å². The van der Waals surface area contributed by atoms with Gasteiger partial charge in [0.2, 0.25) is 0 Å². The van der Waals surface area contributed by atoms with Gasteiger partial charge in [-0.1, -0.05) is 19.3 Å². The number of rotatable bonds is 4. The largest absolute Gasteiger partial charge is 0.391 e. The first-order valence-electron chi connectivity index (χ1n) is 6.89. The van der Waals surface area contributed by atoms with Crippen LogP contribution in [0.2, 0.25) is 0 Å². The monoisotopic (exact) mass is 248 g/mol. The highest BCUT2D eigenvalue weighted by Gasteiger charge is 2.40. The minimum Gasteiger partial charge on any atom is -0.391 e. The molecule has 2 rings (SSSR count). The lowest BCUT2D eigenvalue weighted by molar-refractivity contribution is -0.0310. The lowest BCUT2D eigenvalue weighted by Gasteiger charge is -2.46. The molecule has 1 N–H and O–H groups in total. The SMILES string of the molecule is CN(C)C1(C(O)Cc2ccncc2)CCCCC1. The van der Waals surface area contributed by atoms with Crippen molar-refractivity contribution in [3.8, 4) is 0 Å². The molecule has 1 aliphatic rings. The van der Waals surface area contributed by atoms with Crippen molar-refractivity contribution >= 4 is 0 Å². The summed E-state index contributed by atoms with van der Waals surface area (Å²) in [6.07, 6.45) is 9.99. The third-order valence-corrected chi connectivity index (χ3v) is 4.41. The summed E-state index contributed by atoms with van der Waals surface area (Å²) in [7, 11) is 4.20. The molecule has 100 valence electrons. The van der Waals surface area contributed by atoms with Gasteiger partial charge < -0.3 is 10.0 Å². The molecule has 1 aromatic heterocycles. The van der Waals surface area contributed by atoms with Crippen molar-refractivity contribution in [3.63, 3.8) is 0 Å². The van der Waals surface area contributed by atoms with Crippen molar-refractivity contribution in [3.05, 3.63) is 30.1 Å². The van der Waals surface area contributed by atoms with Crippen LogP contribution >= 0.6 is 0 Å². The Balaban J connectivity index is 2.11. The van der Waals surface area contributed by atoms with Crippen LogP contribution in [-0.2, 0) is 6.42 Å². The average Bonchev–Trinajstić information content (AvgIpc) is 2.40. The predicted molar refractivity (Wildman–Crippen MR) is 73.5 cm³/mol. The van der Waals surface area contributed by atoms with E-state index in [4.69, 9.17) is 0 Å². The van der Waals surface area contributed by atoms with Crippen molar-refractivity contribution < 1.29 is 5.11 Å². The molecule has 1 fully saturated rings. The van der Waals surface area contributed by atoms with E-state index in [0.29, 0.717) is 0 Å². The zero-order valence-electron chi connectivity index (χ0n) is 11.5. The molecule has 0 aliphatic heterocycles. The lowest BCUT2D eigenvalue weighted by atomic mass is 9.75. The molecule has 0 spiro atoms. The molecule has 1 heterocycles. The highest BCUT2D eigenvalue weighted by molar-refractivity contribution is 5.13. The quantitative estimate of drug-likeness (QED) is 0.888. The van der Waals surface area contributed by atoms with Gasteiger partial charge in [0.25, 0.3) is 0 Å². The number of likely N-dealkylation sites (N-methyl/N-ethyl adjacent to an activating group) is 1. The fraction of sp³-hybridized carbons (Fsp3) is 0.667. The zero-order chi connectivity index (χ0) is 13.0. The predicted octanol–water partition coefficient (Wildman–Crippen LogP) is 2.25. The van der Waals surface area contributed by atoms with Crippen LogP contribution in [0.3, 0.4) is 0 Å².